The van der Waals surface area contributed by atoms with Gasteiger partial charge in [-0.2, -0.15) is 5.10 Å². The standard InChI is InChI=1S/C19H22N4O3/c1-12-5-6-16-14(8-12)9-17-19(25)22(21-13(2)23(16)17)11-18(24)20-10-15-4-3-7-26-15/h5-6,8-9,15H,3-4,7,10-11H2,1-2H3,(H,20,24). The Morgan fingerprint density at radius 2 is 2.15 bits per heavy atom. The number of amides is 1. The summed E-state index contributed by atoms with van der Waals surface area (Å²) in [6, 6.07) is 7.91. The molecule has 0 radical (unpaired) electrons. The normalized spacial score (nSPS) is 17.2. The maximum absolute atomic E-state index is 12.8. The number of nitrogens with one attached hydrogen (secondary N) is 1. The predicted molar refractivity (Wildman–Crippen MR) is 98.4 cm³/mol. The quantitative estimate of drug-likeness (QED) is 0.771. The molecule has 1 aliphatic rings. The van der Waals surface area contributed by atoms with Crippen LogP contribution in [0.3, 0.4) is 0 Å². The van der Waals surface area contributed by atoms with Crippen molar-refractivity contribution >= 4 is 22.3 Å². The summed E-state index contributed by atoms with van der Waals surface area (Å²) in [5, 5.41) is 8.16. The van der Waals surface area contributed by atoms with E-state index in [1.54, 1.807) is 0 Å². The Kier molecular flexibility index (Phi) is 4.24. The molecule has 1 atom stereocenters. The van der Waals surface area contributed by atoms with E-state index in [1.807, 2.05) is 42.5 Å². The molecule has 1 amide bonds. The predicted octanol–water partition coefficient (Wildman–Crippen LogP) is 1.56. The SMILES string of the molecule is Cc1ccc2c(c1)cc1c(=O)n(CC(=O)NCC3CCCO3)nc(C)n12. The minimum atomic E-state index is -0.267. The number of rotatable bonds is 4. The molecule has 1 fully saturated rings. The zero-order valence-corrected chi connectivity index (χ0v) is 15.0. The molecule has 0 saturated carbocycles. The van der Waals surface area contributed by atoms with Crippen LogP contribution >= 0.6 is 0 Å². The molecule has 0 bridgehead atoms. The number of hydrogen-bond acceptors (Lipinski definition) is 4. The van der Waals surface area contributed by atoms with Crippen LogP contribution < -0.4 is 10.9 Å². The van der Waals surface area contributed by atoms with E-state index in [9.17, 15) is 9.59 Å². The second-order valence-corrected chi connectivity index (χ2v) is 6.88. The zero-order valence-electron chi connectivity index (χ0n) is 15.0. The summed E-state index contributed by atoms with van der Waals surface area (Å²) in [5.74, 6) is 0.441. The summed E-state index contributed by atoms with van der Waals surface area (Å²) < 4.78 is 8.58. The Bertz CT molecular complexity index is 1040. The van der Waals surface area contributed by atoms with Crippen molar-refractivity contribution in [1.29, 1.82) is 0 Å². The molecule has 26 heavy (non-hydrogen) atoms. The molecule has 0 aliphatic carbocycles. The maximum Gasteiger partial charge on any atom is 0.291 e. The number of hydrogen-bond donors (Lipinski definition) is 1. The molecule has 4 rings (SSSR count). The van der Waals surface area contributed by atoms with Gasteiger partial charge in [0.05, 0.1) is 11.6 Å². The van der Waals surface area contributed by atoms with Gasteiger partial charge in [0.15, 0.2) is 0 Å². The fourth-order valence-electron chi connectivity index (χ4n) is 3.57. The van der Waals surface area contributed by atoms with Crippen molar-refractivity contribution in [2.75, 3.05) is 13.2 Å². The monoisotopic (exact) mass is 354 g/mol. The van der Waals surface area contributed by atoms with Crippen molar-refractivity contribution in [3.8, 4) is 0 Å². The molecule has 1 unspecified atom stereocenters. The van der Waals surface area contributed by atoms with Gasteiger partial charge < -0.3 is 10.1 Å². The fourth-order valence-corrected chi connectivity index (χ4v) is 3.57. The van der Waals surface area contributed by atoms with Gasteiger partial charge in [-0.25, -0.2) is 4.68 Å². The van der Waals surface area contributed by atoms with E-state index in [1.165, 1.54) is 4.68 Å². The van der Waals surface area contributed by atoms with Gasteiger partial charge in [0.2, 0.25) is 5.91 Å². The molecule has 2 aromatic heterocycles. The van der Waals surface area contributed by atoms with Crippen LogP contribution in [0.25, 0.3) is 16.4 Å². The lowest BCUT2D eigenvalue weighted by atomic mass is 10.2. The van der Waals surface area contributed by atoms with E-state index in [4.69, 9.17) is 4.74 Å². The number of carbonyl (C=O) groups is 1. The van der Waals surface area contributed by atoms with E-state index in [-0.39, 0.29) is 24.1 Å². The number of nitrogens with zero attached hydrogens (tertiary/aromatic N) is 3. The van der Waals surface area contributed by atoms with Crippen molar-refractivity contribution in [2.45, 2.75) is 39.3 Å². The fraction of sp³-hybridized carbons (Fsp3) is 0.421. The Labute approximate surface area is 150 Å². The maximum atomic E-state index is 12.8. The molecule has 7 nitrogen and oxygen atoms in total. The van der Waals surface area contributed by atoms with Gasteiger partial charge in [0.1, 0.15) is 17.9 Å². The summed E-state index contributed by atoms with van der Waals surface area (Å²) in [6.07, 6.45) is 2.06. The van der Waals surface area contributed by atoms with Crippen LogP contribution in [-0.4, -0.2) is 39.3 Å². The Morgan fingerprint density at radius 3 is 2.92 bits per heavy atom. The molecule has 1 aliphatic heterocycles. The van der Waals surface area contributed by atoms with Gasteiger partial charge in [-0.1, -0.05) is 11.6 Å². The average molecular weight is 354 g/mol. The van der Waals surface area contributed by atoms with Crippen LogP contribution in [-0.2, 0) is 16.1 Å². The van der Waals surface area contributed by atoms with Crippen LogP contribution in [0.1, 0.15) is 24.2 Å². The van der Waals surface area contributed by atoms with Crippen molar-refractivity contribution in [3.63, 3.8) is 0 Å². The lowest BCUT2D eigenvalue weighted by Gasteiger charge is -2.12. The van der Waals surface area contributed by atoms with E-state index in [0.717, 1.165) is 35.9 Å². The molecule has 7 heteroatoms. The first-order valence-corrected chi connectivity index (χ1v) is 8.91. The summed E-state index contributed by atoms with van der Waals surface area (Å²) >= 11 is 0. The van der Waals surface area contributed by atoms with Gasteiger partial charge >= 0.3 is 0 Å². The highest BCUT2D eigenvalue weighted by molar-refractivity contribution is 5.87. The number of carbonyl (C=O) groups excluding carboxylic acids is 1. The summed E-state index contributed by atoms with van der Waals surface area (Å²) in [4.78, 5) is 25.0. The average Bonchev–Trinajstić information content (AvgIpc) is 3.24. The molecule has 136 valence electrons. The Morgan fingerprint density at radius 1 is 1.31 bits per heavy atom. The second kappa shape index (κ2) is 6.57. The molecule has 3 aromatic rings. The Hall–Kier alpha value is -2.67. The minimum absolute atomic E-state index is 0.0759. The number of benzene rings is 1. The molecule has 3 heterocycles. The summed E-state index contributed by atoms with van der Waals surface area (Å²) in [7, 11) is 0. The van der Waals surface area contributed by atoms with Crippen LogP contribution in [0.4, 0.5) is 0 Å². The Balaban J connectivity index is 1.63. The van der Waals surface area contributed by atoms with E-state index >= 15 is 0 Å². The highest BCUT2D eigenvalue weighted by atomic mass is 16.5. The first-order valence-electron chi connectivity index (χ1n) is 8.91. The molecule has 1 saturated heterocycles. The van der Waals surface area contributed by atoms with Gasteiger partial charge in [0.25, 0.3) is 5.56 Å². The van der Waals surface area contributed by atoms with Gasteiger partial charge in [-0.05, 0) is 44.9 Å². The first kappa shape index (κ1) is 16.8. The molecule has 0 spiro atoms. The smallest absolute Gasteiger partial charge is 0.291 e. The highest BCUT2D eigenvalue weighted by Gasteiger charge is 2.18. The number of aryl methyl sites for hydroxylation is 2. The molecule has 1 aromatic carbocycles. The highest BCUT2D eigenvalue weighted by Crippen LogP contribution is 2.20. The summed E-state index contributed by atoms with van der Waals surface area (Å²) in [5.41, 5.74) is 2.34. The van der Waals surface area contributed by atoms with Crippen molar-refractivity contribution in [1.82, 2.24) is 19.5 Å². The minimum Gasteiger partial charge on any atom is -0.376 e. The van der Waals surface area contributed by atoms with Crippen molar-refractivity contribution < 1.29 is 9.53 Å². The van der Waals surface area contributed by atoms with Gasteiger partial charge in [-0.3, -0.25) is 14.0 Å². The third-order valence-corrected chi connectivity index (χ3v) is 4.84. The third kappa shape index (κ3) is 2.99. The molecule has 1 N–H and O–H groups in total. The van der Waals surface area contributed by atoms with Crippen LogP contribution in [0.2, 0.25) is 0 Å². The topological polar surface area (TPSA) is 77.6 Å². The van der Waals surface area contributed by atoms with Crippen LogP contribution in [0.15, 0.2) is 29.1 Å². The van der Waals surface area contributed by atoms with Crippen LogP contribution in [0, 0.1) is 13.8 Å². The third-order valence-electron chi connectivity index (χ3n) is 4.84. The van der Waals surface area contributed by atoms with Gasteiger partial charge in [0, 0.05) is 18.5 Å². The summed E-state index contributed by atoms with van der Waals surface area (Å²) in [6.45, 7) is 4.99. The molecular formula is C19H22N4O3. The largest absolute Gasteiger partial charge is 0.376 e. The van der Waals surface area contributed by atoms with Crippen molar-refractivity contribution in [2.24, 2.45) is 0 Å². The number of aromatic nitrogens is 3. The van der Waals surface area contributed by atoms with Crippen LogP contribution in [0.5, 0.6) is 0 Å². The lowest BCUT2D eigenvalue weighted by molar-refractivity contribution is -0.122. The van der Waals surface area contributed by atoms with E-state index in [2.05, 4.69) is 10.4 Å². The number of ether oxygens (including phenoxy) is 1. The van der Waals surface area contributed by atoms with Crippen molar-refractivity contribution in [3.05, 3.63) is 46.0 Å². The zero-order chi connectivity index (χ0) is 18.3. The molecular weight excluding hydrogens is 332 g/mol. The second-order valence-electron chi connectivity index (χ2n) is 6.88. The van der Waals surface area contributed by atoms with Gasteiger partial charge in [-0.15, -0.1) is 0 Å². The first-order chi connectivity index (χ1) is 12.5. The lowest BCUT2D eigenvalue weighted by Crippen LogP contribution is -2.38. The number of fused-ring (bicyclic) bond motifs is 3. The van der Waals surface area contributed by atoms with E-state index < -0.39 is 0 Å². The van der Waals surface area contributed by atoms with E-state index in [0.29, 0.717) is 17.9 Å².